The summed E-state index contributed by atoms with van der Waals surface area (Å²) in [5.74, 6) is -0.0417. The Morgan fingerprint density at radius 3 is 1.24 bits per heavy atom. The molecule has 0 spiro atoms. The minimum absolute atomic E-state index is 0. The fourth-order valence-corrected chi connectivity index (χ4v) is 3.13. The number of ether oxygens (including phenoxy) is 2. The molecule has 0 saturated carbocycles. The third-order valence-corrected chi connectivity index (χ3v) is 4.94. The van der Waals surface area contributed by atoms with Crippen molar-refractivity contribution in [1.82, 2.24) is 0 Å². The van der Waals surface area contributed by atoms with Crippen molar-refractivity contribution in [3.63, 3.8) is 0 Å². The average molecular weight is 519 g/mol. The molecular weight excluding hydrogens is 494 g/mol. The molecule has 2 aromatic rings. The van der Waals surface area contributed by atoms with Crippen LogP contribution in [0.3, 0.4) is 0 Å². The Morgan fingerprint density at radius 1 is 0.606 bits per heavy atom. The van der Waals surface area contributed by atoms with E-state index in [2.05, 4.69) is 10.6 Å². The van der Waals surface area contributed by atoms with Crippen LogP contribution in [0.5, 0.6) is 11.5 Å². The van der Waals surface area contributed by atoms with Gasteiger partial charge < -0.3 is 29.2 Å². The van der Waals surface area contributed by atoms with Gasteiger partial charge in [0.1, 0.15) is 43.5 Å². The summed E-state index contributed by atoms with van der Waals surface area (Å²) in [4.78, 5) is 0. The Morgan fingerprint density at radius 2 is 0.939 bits per heavy atom. The summed E-state index contributed by atoms with van der Waals surface area (Å²) >= 11 is 0. The molecule has 0 fully saturated rings. The van der Waals surface area contributed by atoms with Gasteiger partial charge in [-0.05, 0) is 67.8 Å². The number of anilines is 2. The van der Waals surface area contributed by atoms with E-state index in [9.17, 15) is 25.9 Å². The second-order valence-electron chi connectivity index (χ2n) is 6.56. The van der Waals surface area contributed by atoms with Crippen LogP contribution in [-0.2, 0) is 20.2 Å². The first kappa shape index (κ1) is 32.5. The van der Waals surface area contributed by atoms with E-state index in [4.69, 9.17) is 9.47 Å². The van der Waals surface area contributed by atoms with E-state index < -0.39 is 32.0 Å². The van der Waals surface area contributed by atoms with Crippen molar-refractivity contribution in [2.24, 2.45) is 0 Å². The first-order chi connectivity index (χ1) is 14.6. The first-order valence-electron chi connectivity index (χ1n) is 9.41. The Kier molecular flexibility index (Phi) is 15.9. The van der Waals surface area contributed by atoms with Crippen LogP contribution in [0.4, 0.5) is 11.4 Å². The standard InChI is InChI=1S/C19H26N2O8S2.2Na/c22-30(23,24)14-20-16-4-8-18(9-5-16)28-12-2-1-3-13-29-19-10-6-17(7-11-19)21-15-31(25,26)27;;/h4-11,20-21H,1-3,12-15H2,(H,22,23,24)(H,25,26,27);;/q;2*+1/p-2. The zero-order valence-electron chi connectivity index (χ0n) is 18.7. The first-order valence-corrected chi connectivity index (χ1v) is 12.6. The Labute approximate surface area is 238 Å². The third kappa shape index (κ3) is 15.9. The van der Waals surface area contributed by atoms with Crippen molar-refractivity contribution in [2.45, 2.75) is 19.3 Å². The fourth-order valence-electron chi connectivity index (χ4n) is 2.44. The number of rotatable bonds is 14. The van der Waals surface area contributed by atoms with Gasteiger partial charge in [-0.3, -0.25) is 0 Å². The van der Waals surface area contributed by atoms with Gasteiger partial charge in [0, 0.05) is 11.4 Å². The molecule has 0 radical (unpaired) electrons. The van der Waals surface area contributed by atoms with Crippen LogP contribution in [0.25, 0.3) is 0 Å². The Balaban J connectivity index is 0.00000512. The zero-order chi connectivity index (χ0) is 22.7. The normalized spacial score (nSPS) is 11.0. The van der Waals surface area contributed by atoms with E-state index in [1.54, 1.807) is 48.5 Å². The maximum atomic E-state index is 10.6. The van der Waals surface area contributed by atoms with Crippen molar-refractivity contribution in [3.05, 3.63) is 48.5 Å². The minimum Gasteiger partial charge on any atom is -0.747 e. The van der Waals surface area contributed by atoms with Crippen LogP contribution in [0.15, 0.2) is 48.5 Å². The second-order valence-corrected chi connectivity index (χ2v) is 9.37. The summed E-state index contributed by atoms with van der Waals surface area (Å²) in [6.45, 7) is 1.04. The van der Waals surface area contributed by atoms with Crippen molar-refractivity contribution in [2.75, 3.05) is 35.6 Å². The Hall–Kier alpha value is -0.540. The molecule has 0 amide bonds. The van der Waals surface area contributed by atoms with Gasteiger partial charge in [0.05, 0.1) is 13.2 Å². The summed E-state index contributed by atoms with van der Waals surface area (Å²) in [5.41, 5.74) is 1.03. The van der Waals surface area contributed by atoms with Crippen LogP contribution < -0.4 is 79.2 Å². The van der Waals surface area contributed by atoms with E-state index in [1.165, 1.54) is 0 Å². The minimum atomic E-state index is -4.32. The maximum absolute atomic E-state index is 10.6. The van der Waals surface area contributed by atoms with E-state index in [-0.39, 0.29) is 59.1 Å². The van der Waals surface area contributed by atoms with Gasteiger partial charge in [0.2, 0.25) is 0 Å². The number of benzene rings is 2. The van der Waals surface area contributed by atoms with Gasteiger partial charge in [0.15, 0.2) is 0 Å². The summed E-state index contributed by atoms with van der Waals surface area (Å²) in [6.07, 6.45) is 2.54. The van der Waals surface area contributed by atoms with Gasteiger partial charge in [-0.15, -0.1) is 0 Å². The molecule has 33 heavy (non-hydrogen) atoms. The van der Waals surface area contributed by atoms with E-state index >= 15 is 0 Å². The van der Waals surface area contributed by atoms with Gasteiger partial charge >= 0.3 is 59.1 Å². The molecule has 0 aliphatic rings. The monoisotopic (exact) mass is 518 g/mol. The summed E-state index contributed by atoms with van der Waals surface area (Å²) in [7, 11) is -8.64. The van der Waals surface area contributed by atoms with Crippen LogP contribution in [-0.4, -0.2) is 50.9 Å². The summed E-state index contributed by atoms with van der Waals surface area (Å²) < 4.78 is 74.7. The fraction of sp³-hybridized carbons (Fsp3) is 0.368. The SMILES string of the molecule is O=S(=O)([O-])CNc1ccc(OCCCCCOc2ccc(NCS(=O)(=O)[O-])cc2)cc1.[Na+].[Na+]. The molecule has 0 heterocycles. The molecule has 0 aromatic heterocycles. The van der Waals surface area contributed by atoms with Crippen molar-refractivity contribution >= 4 is 31.6 Å². The molecule has 2 N–H and O–H groups in total. The molecule has 0 aliphatic heterocycles. The number of nitrogens with one attached hydrogen (secondary N) is 2. The van der Waals surface area contributed by atoms with E-state index in [0.717, 1.165) is 19.3 Å². The molecule has 0 aliphatic carbocycles. The Bertz CT molecular complexity index is 935. The molecule has 14 heteroatoms. The zero-order valence-corrected chi connectivity index (χ0v) is 24.3. The molecule has 0 atom stereocenters. The summed E-state index contributed by atoms with van der Waals surface area (Å²) in [6, 6.07) is 13.3. The van der Waals surface area contributed by atoms with E-state index in [1.807, 2.05) is 0 Å². The van der Waals surface area contributed by atoms with Gasteiger partial charge in [-0.25, -0.2) is 16.8 Å². The quantitative estimate of drug-likeness (QED) is 0.144. The van der Waals surface area contributed by atoms with Crippen molar-refractivity contribution < 1.29 is 94.5 Å². The molecular formula is C19H24N2Na2O8S2. The maximum Gasteiger partial charge on any atom is 1.00 e. The molecule has 0 saturated heterocycles. The number of hydrogen-bond acceptors (Lipinski definition) is 10. The van der Waals surface area contributed by atoms with Gasteiger partial charge in [-0.1, -0.05) is 0 Å². The number of hydrogen-bond donors (Lipinski definition) is 2. The number of unbranched alkanes of at least 4 members (excludes halogenated alkanes) is 2. The van der Waals surface area contributed by atoms with E-state index in [0.29, 0.717) is 36.1 Å². The average Bonchev–Trinajstić information content (AvgIpc) is 2.70. The third-order valence-electron chi connectivity index (χ3n) is 3.94. The summed E-state index contributed by atoms with van der Waals surface area (Å²) in [5, 5.41) is 5.04. The topological polar surface area (TPSA) is 157 Å². The predicted octanol–water partition coefficient (Wildman–Crippen LogP) is -3.85. The molecule has 0 unspecified atom stereocenters. The molecule has 0 bridgehead atoms. The smallest absolute Gasteiger partial charge is 0.747 e. The van der Waals surface area contributed by atoms with Gasteiger partial charge in [0.25, 0.3) is 0 Å². The van der Waals surface area contributed by atoms with Crippen LogP contribution in [0.1, 0.15) is 19.3 Å². The molecule has 2 rings (SSSR count). The van der Waals surface area contributed by atoms with Crippen molar-refractivity contribution in [1.29, 1.82) is 0 Å². The van der Waals surface area contributed by atoms with Crippen LogP contribution >= 0.6 is 0 Å². The van der Waals surface area contributed by atoms with Crippen LogP contribution in [0, 0.1) is 0 Å². The van der Waals surface area contributed by atoms with Crippen LogP contribution in [0.2, 0.25) is 0 Å². The largest absolute Gasteiger partial charge is 1.00 e. The predicted molar refractivity (Wildman–Crippen MR) is 114 cm³/mol. The second kappa shape index (κ2) is 16.2. The van der Waals surface area contributed by atoms with Gasteiger partial charge in [-0.2, -0.15) is 0 Å². The molecule has 172 valence electrons. The van der Waals surface area contributed by atoms with Crippen molar-refractivity contribution in [3.8, 4) is 11.5 Å². The molecule has 10 nitrogen and oxygen atoms in total. The molecule has 2 aromatic carbocycles.